The Hall–Kier alpha value is -1.83. The van der Waals surface area contributed by atoms with Gasteiger partial charge in [-0.05, 0) is 26.0 Å². The zero-order valence-corrected chi connectivity index (χ0v) is 11.4. The molecular weight excluding hydrogens is 292 g/mol. The number of nitrogens with one attached hydrogen (secondary N) is 1. The molecule has 8 heteroatoms. The first-order valence-corrected chi connectivity index (χ1v) is 6.15. The SMILES string of the molecule is CC1(C)COCN1C(=O)Nc1cccc(C(F)(F)F)c1F. The molecule has 0 radical (unpaired) electrons. The predicted molar refractivity (Wildman–Crippen MR) is 67.2 cm³/mol. The van der Waals surface area contributed by atoms with Gasteiger partial charge in [0.15, 0.2) is 5.82 Å². The fraction of sp³-hybridized carbons (Fsp3) is 0.462. The molecule has 0 aromatic heterocycles. The number of hydrogen-bond donors (Lipinski definition) is 1. The Labute approximate surface area is 118 Å². The zero-order valence-electron chi connectivity index (χ0n) is 11.4. The molecule has 1 fully saturated rings. The van der Waals surface area contributed by atoms with Crippen LogP contribution in [0.15, 0.2) is 18.2 Å². The smallest absolute Gasteiger partial charge is 0.359 e. The van der Waals surface area contributed by atoms with Crippen molar-refractivity contribution in [1.29, 1.82) is 0 Å². The Kier molecular flexibility index (Phi) is 3.83. The third-order valence-electron chi connectivity index (χ3n) is 3.20. The van der Waals surface area contributed by atoms with Gasteiger partial charge in [0.2, 0.25) is 0 Å². The number of ether oxygens (including phenoxy) is 1. The topological polar surface area (TPSA) is 41.6 Å². The van der Waals surface area contributed by atoms with Crippen molar-refractivity contribution in [3.05, 3.63) is 29.6 Å². The summed E-state index contributed by atoms with van der Waals surface area (Å²) in [6, 6.07) is 2.02. The monoisotopic (exact) mass is 306 g/mol. The molecule has 2 rings (SSSR count). The molecule has 0 aliphatic carbocycles. The quantitative estimate of drug-likeness (QED) is 0.808. The average Bonchev–Trinajstić information content (AvgIpc) is 2.70. The fourth-order valence-corrected chi connectivity index (χ4v) is 2.00. The lowest BCUT2D eigenvalue weighted by Crippen LogP contribution is -2.46. The lowest BCUT2D eigenvalue weighted by Gasteiger charge is -2.29. The second-order valence-electron chi connectivity index (χ2n) is 5.31. The van der Waals surface area contributed by atoms with Crippen LogP contribution in [0.25, 0.3) is 0 Å². The number of carbonyl (C=O) groups is 1. The van der Waals surface area contributed by atoms with Crippen molar-refractivity contribution >= 4 is 11.7 Å². The number of benzene rings is 1. The molecule has 116 valence electrons. The van der Waals surface area contributed by atoms with E-state index < -0.39 is 34.8 Å². The molecule has 0 bridgehead atoms. The molecule has 4 nitrogen and oxygen atoms in total. The Balaban J connectivity index is 2.23. The van der Waals surface area contributed by atoms with Crippen molar-refractivity contribution in [1.82, 2.24) is 4.90 Å². The highest BCUT2D eigenvalue weighted by Crippen LogP contribution is 2.34. The van der Waals surface area contributed by atoms with Crippen LogP contribution in [0.3, 0.4) is 0 Å². The number of alkyl halides is 3. The van der Waals surface area contributed by atoms with Crippen LogP contribution in [-0.2, 0) is 10.9 Å². The molecule has 1 heterocycles. The summed E-state index contributed by atoms with van der Waals surface area (Å²) in [7, 11) is 0. The fourth-order valence-electron chi connectivity index (χ4n) is 2.00. The van der Waals surface area contributed by atoms with Gasteiger partial charge in [0.25, 0.3) is 0 Å². The maximum atomic E-state index is 13.8. The van der Waals surface area contributed by atoms with Gasteiger partial charge in [0.05, 0.1) is 23.4 Å². The molecule has 0 spiro atoms. The molecule has 1 saturated heterocycles. The van der Waals surface area contributed by atoms with E-state index in [2.05, 4.69) is 5.32 Å². The van der Waals surface area contributed by atoms with E-state index in [4.69, 9.17) is 4.74 Å². The number of hydrogen-bond acceptors (Lipinski definition) is 2. The van der Waals surface area contributed by atoms with Gasteiger partial charge in [-0.2, -0.15) is 13.2 Å². The van der Waals surface area contributed by atoms with Gasteiger partial charge < -0.3 is 10.1 Å². The molecule has 0 unspecified atom stereocenters. The third kappa shape index (κ3) is 3.10. The highest BCUT2D eigenvalue weighted by atomic mass is 19.4. The van der Waals surface area contributed by atoms with Crippen molar-refractivity contribution in [3.8, 4) is 0 Å². The highest BCUT2D eigenvalue weighted by Gasteiger charge is 2.38. The molecule has 1 aliphatic rings. The van der Waals surface area contributed by atoms with Crippen LogP contribution in [0.1, 0.15) is 19.4 Å². The highest BCUT2D eigenvalue weighted by molar-refractivity contribution is 5.90. The Bertz CT molecular complexity index is 558. The van der Waals surface area contributed by atoms with Crippen molar-refractivity contribution in [2.24, 2.45) is 0 Å². The van der Waals surface area contributed by atoms with E-state index in [9.17, 15) is 22.4 Å². The van der Waals surface area contributed by atoms with Gasteiger partial charge in [0, 0.05) is 0 Å². The summed E-state index contributed by atoms with van der Waals surface area (Å²) in [5.74, 6) is -1.50. The third-order valence-corrected chi connectivity index (χ3v) is 3.20. The maximum absolute atomic E-state index is 13.8. The number of nitrogens with zero attached hydrogens (tertiary/aromatic N) is 1. The number of anilines is 1. The number of amides is 2. The standard InChI is InChI=1S/C13H14F4N2O2/c1-12(2)6-21-7-19(12)11(20)18-9-5-3-4-8(10(9)14)13(15,16)17/h3-5H,6-7H2,1-2H3,(H,18,20). The van der Waals surface area contributed by atoms with E-state index in [0.29, 0.717) is 12.7 Å². The molecule has 1 aromatic rings. The first kappa shape index (κ1) is 15.6. The van der Waals surface area contributed by atoms with Gasteiger partial charge in [-0.1, -0.05) is 6.07 Å². The predicted octanol–water partition coefficient (Wildman–Crippen LogP) is 3.44. The van der Waals surface area contributed by atoms with Gasteiger partial charge in [-0.25, -0.2) is 9.18 Å². The van der Waals surface area contributed by atoms with Crippen LogP contribution in [0.2, 0.25) is 0 Å². The minimum Gasteiger partial charge on any atom is -0.359 e. The van der Waals surface area contributed by atoms with Crippen molar-refractivity contribution in [2.75, 3.05) is 18.7 Å². The minimum absolute atomic E-state index is 0.000581. The molecule has 1 aromatic carbocycles. The van der Waals surface area contributed by atoms with Crippen LogP contribution in [0.4, 0.5) is 28.0 Å². The van der Waals surface area contributed by atoms with Gasteiger partial charge in [-0.3, -0.25) is 4.90 Å². The van der Waals surface area contributed by atoms with E-state index in [-0.39, 0.29) is 6.73 Å². The summed E-state index contributed by atoms with van der Waals surface area (Å²) < 4.78 is 56.8. The molecule has 0 saturated carbocycles. The Morgan fingerprint density at radius 1 is 1.38 bits per heavy atom. The summed E-state index contributed by atoms with van der Waals surface area (Å²) >= 11 is 0. The van der Waals surface area contributed by atoms with Gasteiger partial charge in [0.1, 0.15) is 6.73 Å². The summed E-state index contributed by atoms with van der Waals surface area (Å²) in [6.45, 7) is 3.77. The van der Waals surface area contributed by atoms with Crippen molar-refractivity contribution in [3.63, 3.8) is 0 Å². The van der Waals surface area contributed by atoms with Crippen LogP contribution in [0.5, 0.6) is 0 Å². The number of carbonyl (C=O) groups excluding carboxylic acids is 1. The van der Waals surface area contributed by atoms with E-state index in [1.54, 1.807) is 13.8 Å². The lowest BCUT2D eigenvalue weighted by atomic mass is 10.1. The molecule has 0 atom stereocenters. The van der Waals surface area contributed by atoms with E-state index >= 15 is 0 Å². The first-order chi connectivity index (χ1) is 9.63. The summed E-state index contributed by atoms with van der Waals surface area (Å²) in [5.41, 5.74) is -2.54. The molecule has 1 aliphatic heterocycles. The molecular formula is C13H14F4N2O2. The van der Waals surface area contributed by atoms with Crippen LogP contribution in [0, 0.1) is 5.82 Å². The van der Waals surface area contributed by atoms with Crippen molar-refractivity contribution < 1.29 is 27.1 Å². The summed E-state index contributed by atoms with van der Waals surface area (Å²) in [5, 5.41) is 2.15. The van der Waals surface area contributed by atoms with Crippen LogP contribution < -0.4 is 5.32 Å². The maximum Gasteiger partial charge on any atom is 0.419 e. The number of rotatable bonds is 1. The minimum atomic E-state index is -4.82. The molecule has 21 heavy (non-hydrogen) atoms. The number of halogens is 4. The zero-order chi connectivity index (χ0) is 15.8. The van der Waals surface area contributed by atoms with E-state index in [1.165, 1.54) is 4.90 Å². The average molecular weight is 306 g/mol. The van der Waals surface area contributed by atoms with Crippen LogP contribution in [-0.4, -0.2) is 29.8 Å². The van der Waals surface area contributed by atoms with E-state index in [0.717, 1.165) is 12.1 Å². The molecule has 1 N–H and O–H groups in total. The van der Waals surface area contributed by atoms with Gasteiger partial charge in [-0.15, -0.1) is 0 Å². The normalized spacial score (nSPS) is 17.9. The lowest BCUT2D eigenvalue weighted by molar-refractivity contribution is -0.139. The first-order valence-electron chi connectivity index (χ1n) is 6.15. The summed E-state index contributed by atoms with van der Waals surface area (Å²) in [6.07, 6.45) is -4.82. The van der Waals surface area contributed by atoms with Crippen molar-refractivity contribution in [2.45, 2.75) is 25.6 Å². The van der Waals surface area contributed by atoms with Crippen LogP contribution >= 0.6 is 0 Å². The summed E-state index contributed by atoms with van der Waals surface area (Å²) in [4.78, 5) is 13.3. The Morgan fingerprint density at radius 3 is 2.57 bits per heavy atom. The molecule has 2 amide bonds. The van der Waals surface area contributed by atoms with Gasteiger partial charge >= 0.3 is 12.2 Å². The number of urea groups is 1. The largest absolute Gasteiger partial charge is 0.419 e. The van der Waals surface area contributed by atoms with E-state index in [1.807, 2.05) is 0 Å². The second-order valence-corrected chi connectivity index (χ2v) is 5.31. The second kappa shape index (κ2) is 5.18. The Morgan fingerprint density at radius 2 is 2.05 bits per heavy atom.